The van der Waals surface area contributed by atoms with Gasteiger partial charge in [-0.3, -0.25) is 10.1 Å². The molecule has 1 atom stereocenters. The lowest BCUT2D eigenvalue weighted by Gasteiger charge is -2.25. The van der Waals surface area contributed by atoms with Gasteiger partial charge in [-0.05, 0) is 17.7 Å². The van der Waals surface area contributed by atoms with Gasteiger partial charge in [0.25, 0.3) is 0 Å². The first kappa shape index (κ1) is 14.1. The summed E-state index contributed by atoms with van der Waals surface area (Å²) < 4.78 is 36.7. The van der Waals surface area contributed by atoms with Crippen molar-refractivity contribution in [2.75, 3.05) is 13.1 Å². The molecule has 1 saturated heterocycles. The summed E-state index contributed by atoms with van der Waals surface area (Å²) in [5.41, 5.74) is 0.720. The molecular formula is C12H12ClF3N2O. The number of carbonyl (C=O) groups is 1. The molecule has 19 heavy (non-hydrogen) atoms. The van der Waals surface area contributed by atoms with E-state index in [1.807, 2.05) is 0 Å². The van der Waals surface area contributed by atoms with E-state index in [-0.39, 0.29) is 19.0 Å². The van der Waals surface area contributed by atoms with Crippen LogP contribution in [0.5, 0.6) is 0 Å². The number of nitrogens with one attached hydrogen (secondary N) is 1. The predicted octanol–water partition coefficient (Wildman–Crippen LogP) is 2.72. The van der Waals surface area contributed by atoms with Gasteiger partial charge in [0, 0.05) is 11.6 Å². The van der Waals surface area contributed by atoms with Crippen LogP contribution in [0.25, 0.3) is 0 Å². The molecule has 3 nitrogen and oxygen atoms in total. The summed E-state index contributed by atoms with van der Waals surface area (Å²) in [6.07, 6.45) is -5.80. The molecule has 1 amide bonds. The molecule has 104 valence electrons. The highest BCUT2D eigenvalue weighted by molar-refractivity contribution is 6.30. The molecule has 7 heteroatoms. The quantitative estimate of drug-likeness (QED) is 0.929. The molecule has 1 fully saturated rings. The Morgan fingerprint density at radius 3 is 2.53 bits per heavy atom. The number of benzene rings is 1. The van der Waals surface area contributed by atoms with Crippen LogP contribution < -0.4 is 5.32 Å². The monoisotopic (exact) mass is 292 g/mol. The van der Waals surface area contributed by atoms with E-state index in [2.05, 4.69) is 5.32 Å². The van der Waals surface area contributed by atoms with Gasteiger partial charge in [0.1, 0.15) is 6.17 Å². The van der Waals surface area contributed by atoms with Crippen molar-refractivity contribution in [3.05, 3.63) is 34.9 Å². The van der Waals surface area contributed by atoms with E-state index in [0.717, 1.165) is 5.56 Å². The maximum absolute atomic E-state index is 12.2. The molecule has 1 N–H and O–H groups in total. The van der Waals surface area contributed by atoms with Gasteiger partial charge in [-0.2, -0.15) is 13.2 Å². The molecule has 0 aromatic heterocycles. The highest BCUT2D eigenvalue weighted by Gasteiger charge is 2.35. The molecule has 1 aromatic carbocycles. The zero-order valence-corrected chi connectivity index (χ0v) is 10.6. The summed E-state index contributed by atoms with van der Waals surface area (Å²) in [7, 11) is 0. The largest absolute Gasteiger partial charge is 0.390 e. The maximum Gasteiger partial charge on any atom is 0.390 e. The van der Waals surface area contributed by atoms with Crippen LogP contribution in [0, 0.1) is 0 Å². The zero-order chi connectivity index (χ0) is 14.0. The van der Waals surface area contributed by atoms with Crippen LogP contribution in [0.4, 0.5) is 13.2 Å². The van der Waals surface area contributed by atoms with Crippen molar-refractivity contribution in [2.24, 2.45) is 0 Å². The minimum Gasteiger partial charge on any atom is -0.321 e. The highest BCUT2D eigenvalue weighted by Crippen LogP contribution is 2.27. The third kappa shape index (κ3) is 3.61. The lowest BCUT2D eigenvalue weighted by atomic mass is 10.1. The Labute approximate surface area is 113 Å². The summed E-state index contributed by atoms with van der Waals surface area (Å²) in [6.45, 7) is -0.298. The Morgan fingerprint density at radius 2 is 1.95 bits per heavy atom. The molecule has 0 aliphatic carbocycles. The molecular weight excluding hydrogens is 281 g/mol. The Balaban J connectivity index is 2.11. The second kappa shape index (κ2) is 5.38. The van der Waals surface area contributed by atoms with Crippen molar-refractivity contribution in [1.82, 2.24) is 10.2 Å². The number of rotatable bonds is 3. The third-order valence-corrected chi connectivity index (χ3v) is 3.15. The lowest BCUT2D eigenvalue weighted by molar-refractivity contribution is -0.144. The Kier molecular flexibility index (Phi) is 4.01. The zero-order valence-electron chi connectivity index (χ0n) is 9.88. The summed E-state index contributed by atoms with van der Waals surface area (Å²) in [4.78, 5) is 12.8. The van der Waals surface area contributed by atoms with E-state index >= 15 is 0 Å². The van der Waals surface area contributed by atoms with Crippen LogP contribution in [-0.2, 0) is 4.79 Å². The van der Waals surface area contributed by atoms with Crippen molar-refractivity contribution in [3.63, 3.8) is 0 Å². The van der Waals surface area contributed by atoms with Crippen molar-refractivity contribution in [3.8, 4) is 0 Å². The first-order valence-electron chi connectivity index (χ1n) is 5.72. The average Bonchev–Trinajstić information content (AvgIpc) is 2.68. The van der Waals surface area contributed by atoms with Gasteiger partial charge in [0.15, 0.2) is 0 Å². The number of hydrogen-bond donors (Lipinski definition) is 1. The molecule has 1 unspecified atom stereocenters. The number of amides is 1. The Hall–Kier alpha value is -1.27. The van der Waals surface area contributed by atoms with Crippen LogP contribution in [-0.4, -0.2) is 30.1 Å². The molecule has 2 rings (SSSR count). The standard InChI is InChI=1S/C12H12ClF3N2O/c13-9-3-1-8(2-4-9)11-17-7-10(19)18(11)6-5-12(14,15)16/h1-4,11,17H,5-7H2. The van der Waals surface area contributed by atoms with Gasteiger partial charge in [-0.25, -0.2) is 0 Å². The first-order valence-corrected chi connectivity index (χ1v) is 6.10. The van der Waals surface area contributed by atoms with Gasteiger partial charge in [0.05, 0.1) is 13.0 Å². The van der Waals surface area contributed by atoms with Crippen molar-refractivity contribution in [2.45, 2.75) is 18.8 Å². The van der Waals surface area contributed by atoms with Crippen molar-refractivity contribution < 1.29 is 18.0 Å². The number of nitrogens with zero attached hydrogens (tertiary/aromatic N) is 1. The third-order valence-electron chi connectivity index (χ3n) is 2.90. The smallest absolute Gasteiger partial charge is 0.321 e. The lowest BCUT2D eigenvalue weighted by Crippen LogP contribution is -2.33. The second-order valence-electron chi connectivity index (χ2n) is 4.29. The minimum absolute atomic E-state index is 0.0468. The fourth-order valence-electron chi connectivity index (χ4n) is 1.98. The molecule has 0 saturated carbocycles. The highest BCUT2D eigenvalue weighted by atomic mass is 35.5. The van der Waals surface area contributed by atoms with E-state index < -0.39 is 18.8 Å². The summed E-state index contributed by atoms with van der Waals surface area (Å²) in [5, 5.41) is 3.43. The fraction of sp³-hybridized carbons (Fsp3) is 0.417. The molecule has 1 aliphatic heterocycles. The number of alkyl halides is 3. The SMILES string of the molecule is O=C1CNC(c2ccc(Cl)cc2)N1CCC(F)(F)F. The predicted molar refractivity (Wildman–Crippen MR) is 64.6 cm³/mol. The molecule has 0 spiro atoms. The van der Waals surface area contributed by atoms with Crippen LogP contribution in [0.3, 0.4) is 0 Å². The van der Waals surface area contributed by atoms with Gasteiger partial charge in [-0.15, -0.1) is 0 Å². The van der Waals surface area contributed by atoms with Crippen LogP contribution in [0.2, 0.25) is 5.02 Å². The Bertz CT molecular complexity index is 461. The van der Waals surface area contributed by atoms with E-state index in [1.54, 1.807) is 24.3 Å². The van der Waals surface area contributed by atoms with Crippen LogP contribution in [0.15, 0.2) is 24.3 Å². The normalized spacial score (nSPS) is 20.1. The van der Waals surface area contributed by atoms with Crippen molar-refractivity contribution in [1.29, 1.82) is 0 Å². The molecule has 1 aliphatic rings. The molecule has 0 radical (unpaired) electrons. The second-order valence-corrected chi connectivity index (χ2v) is 4.72. The number of halogens is 4. The first-order chi connectivity index (χ1) is 8.87. The van der Waals surface area contributed by atoms with Gasteiger partial charge in [-0.1, -0.05) is 23.7 Å². The number of hydrogen-bond acceptors (Lipinski definition) is 2. The molecule has 0 bridgehead atoms. The van der Waals surface area contributed by atoms with Gasteiger partial charge in [0.2, 0.25) is 5.91 Å². The van der Waals surface area contributed by atoms with E-state index in [9.17, 15) is 18.0 Å². The number of carbonyl (C=O) groups excluding carboxylic acids is 1. The average molecular weight is 293 g/mol. The summed E-state index contributed by atoms with van der Waals surface area (Å²) in [6, 6.07) is 6.67. The minimum atomic E-state index is -4.27. The summed E-state index contributed by atoms with van der Waals surface area (Å²) in [5.74, 6) is -0.329. The van der Waals surface area contributed by atoms with Crippen LogP contribution >= 0.6 is 11.6 Å². The van der Waals surface area contributed by atoms with Crippen molar-refractivity contribution >= 4 is 17.5 Å². The van der Waals surface area contributed by atoms with Gasteiger partial charge >= 0.3 is 6.18 Å². The summed E-state index contributed by atoms with van der Waals surface area (Å²) >= 11 is 5.75. The van der Waals surface area contributed by atoms with E-state index in [4.69, 9.17) is 11.6 Å². The van der Waals surface area contributed by atoms with E-state index in [1.165, 1.54) is 4.90 Å². The van der Waals surface area contributed by atoms with E-state index in [0.29, 0.717) is 5.02 Å². The molecule has 1 aromatic rings. The topological polar surface area (TPSA) is 32.3 Å². The Morgan fingerprint density at radius 1 is 1.32 bits per heavy atom. The fourth-order valence-corrected chi connectivity index (χ4v) is 2.11. The maximum atomic E-state index is 12.2. The molecule has 1 heterocycles. The van der Waals surface area contributed by atoms with Crippen LogP contribution in [0.1, 0.15) is 18.2 Å². The van der Waals surface area contributed by atoms with Gasteiger partial charge < -0.3 is 4.90 Å².